The third-order valence-electron chi connectivity index (χ3n) is 11.1. The predicted octanol–water partition coefficient (Wildman–Crippen LogP) is 6.88. The zero-order valence-electron chi connectivity index (χ0n) is 28.9. The Morgan fingerprint density at radius 2 is 1.57 bits per heavy atom. The molecule has 4 unspecified atom stereocenters. The van der Waals surface area contributed by atoms with E-state index in [9.17, 15) is 14.9 Å². The van der Waals surface area contributed by atoms with Gasteiger partial charge in [0.25, 0.3) is 0 Å². The highest BCUT2D eigenvalue weighted by Gasteiger charge is 2.55. The molecule has 4 heterocycles. The summed E-state index contributed by atoms with van der Waals surface area (Å²) in [4.78, 5) is 43.4. The molecule has 3 aliphatic rings. The van der Waals surface area contributed by atoms with Crippen molar-refractivity contribution in [1.82, 2.24) is 30.2 Å². The average molecular weight is 683 g/mol. The number of rotatable bonds is 9. The second kappa shape index (κ2) is 13.0. The number of aromatic amines is 2. The molecular formula is C40H42N8O3. The summed E-state index contributed by atoms with van der Waals surface area (Å²) in [5.74, 6) is 1.20. The van der Waals surface area contributed by atoms with Crippen LogP contribution < -0.4 is 11.1 Å². The number of imidazole rings is 2. The Morgan fingerprint density at radius 3 is 2.24 bits per heavy atom. The number of nitrogens with zero attached hydrogens (tertiary/aromatic N) is 4. The van der Waals surface area contributed by atoms with Gasteiger partial charge in [0.2, 0.25) is 5.91 Å². The molecule has 2 aromatic heterocycles. The molecule has 260 valence electrons. The number of carbonyl (C=O) groups excluding carboxylic acids is 2. The Hall–Kier alpha value is -5.47. The van der Waals surface area contributed by atoms with Gasteiger partial charge in [-0.05, 0) is 76.6 Å². The molecule has 11 heteroatoms. The van der Waals surface area contributed by atoms with Crippen molar-refractivity contribution in [2.45, 2.75) is 51.6 Å². The molecule has 2 aliphatic heterocycles. The number of aromatic nitrogens is 4. The van der Waals surface area contributed by atoms with E-state index in [1.54, 1.807) is 0 Å². The van der Waals surface area contributed by atoms with Crippen LogP contribution in [0.1, 0.15) is 63.3 Å². The summed E-state index contributed by atoms with van der Waals surface area (Å²) < 4.78 is 5.08. The van der Waals surface area contributed by atoms with Crippen LogP contribution in [0.3, 0.4) is 0 Å². The fourth-order valence-electron chi connectivity index (χ4n) is 7.80. The summed E-state index contributed by atoms with van der Waals surface area (Å²) in [7, 11) is 0. The van der Waals surface area contributed by atoms with Gasteiger partial charge >= 0.3 is 6.09 Å². The molecule has 1 spiro atoms. The van der Waals surface area contributed by atoms with E-state index in [1.807, 2.05) is 31.1 Å². The Bertz CT molecular complexity index is 2140. The van der Waals surface area contributed by atoms with E-state index in [0.29, 0.717) is 13.1 Å². The van der Waals surface area contributed by atoms with Gasteiger partial charge in [0.1, 0.15) is 18.3 Å². The van der Waals surface area contributed by atoms with E-state index >= 15 is 0 Å². The number of hydrogen-bond donors (Lipinski definition) is 4. The zero-order chi connectivity index (χ0) is 35.3. The topological polar surface area (TPSA) is 166 Å². The average Bonchev–Trinajstić information content (AvgIpc) is 3.66. The van der Waals surface area contributed by atoms with Crippen molar-refractivity contribution in [1.29, 1.82) is 5.26 Å². The molecule has 2 amide bonds. The number of H-pyrrole nitrogens is 2. The summed E-state index contributed by atoms with van der Waals surface area (Å²) in [5, 5.41) is 14.9. The number of primary amides is 1. The van der Waals surface area contributed by atoms with Gasteiger partial charge in [0.15, 0.2) is 0 Å². The molecule has 11 nitrogen and oxygen atoms in total. The highest BCUT2D eigenvalue weighted by Crippen LogP contribution is 2.58. The predicted molar refractivity (Wildman–Crippen MR) is 194 cm³/mol. The van der Waals surface area contributed by atoms with Crippen molar-refractivity contribution in [2.24, 2.45) is 28.9 Å². The first-order valence-corrected chi connectivity index (χ1v) is 17.8. The largest absolute Gasteiger partial charge is 0.449 e. The third kappa shape index (κ3) is 6.48. The van der Waals surface area contributed by atoms with Crippen molar-refractivity contribution in [3.05, 3.63) is 84.7 Å². The first-order chi connectivity index (χ1) is 24.7. The quantitative estimate of drug-likeness (QED) is 0.132. The van der Waals surface area contributed by atoms with Crippen LogP contribution in [0.15, 0.2) is 73.1 Å². The van der Waals surface area contributed by atoms with E-state index in [-0.39, 0.29) is 41.8 Å². The van der Waals surface area contributed by atoms with Crippen molar-refractivity contribution >= 4 is 22.8 Å². The van der Waals surface area contributed by atoms with Crippen molar-refractivity contribution in [3.63, 3.8) is 0 Å². The standard InChI is InChI=1S/C40H42N8O3/c1-23(2)31(21-51-39(42)50)38(49)48-22-40(11-12-40)16-35(48)37-45-19-33(47-37)26-5-3-25(4-6-26)27-7-8-29-15-30(10-9-28(29)14-27)34-20-44-36(46-34)32-13-24(17-41)18-43-32/h3-10,14-15,19-20,23-24,31-32,35,43H,11-13,16,18,21-22H2,1-2H3,(H2,42,50)(H,44,46)(H,45,47). The van der Waals surface area contributed by atoms with Gasteiger partial charge in [0.05, 0.1) is 53.8 Å². The molecule has 0 bridgehead atoms. The van der Waals surface area contributed by atoms with Gasteiger partial charge in [0, 0.05) is 18.7 Å². The lowest BCUT2D eigenvalue weighted by molar-refractivity contribution is -0.139. The molecule has 1 aliphatic carbocycles. The van der Waals surface area contributed by atoms with Crippen LogP contribution in [0.4, 0.5) is 4.79 Å². The number of carbonyl (C=O) groups is 2. The van der Waals surface area contributed by atoms with Gasteiger partial charge in [-0.2, -0.15) is 5.26 Å². The van der Waals surface area contributed by atoms with Crippen LogP contribution >= 0.6 is 0 Å². The fourth-order valence-corrected chi connectivity index (χ4v) is 7.80. The molecule has 1 saturated carbocycles. The SMILES string of the molecule is CC(C)C(COC(N)=O)C(=O)N1CC2(CC2)CC1c1ncc(-c2ccc(-c3ccc4cc(-c5cnc(C6CC(C#N)CN6)[nH]5)ccc4c3)cc2)[nH]1. The van der Waals surface area contributed by atoms with E-state index in [2.05, 4.69) is 87.0 Å². The van der Waals surface area contributed by atoms with E-state index in [0.717, 1.165) is 81.7 Å². The van der Waals surface area contributed by atoms with Crippen molar-refractivity contribution < 1.29 is 14.3 Å². The molecule has 5 aromatic rings. The number of nitrogens with one attached hydrogen (secondary N) is 3. The number of nitriles is 1. The summed E-state index contributed by atoms with van der Waals surface area (Å²) in [6.07, 6.45) is 6.72. The molecule has 3 aromatic carbocycles. The Labute approximate surface area is 296 Å². The maximum absolute atomic E-state index is 13.8. The number of amides is 2. The van der Waals surface area contributed by atoms with E-state index in [4.69, 9.17) is 15.5 Å². The van der Waals surface area contributed by atoms with Crippen LogP contribution in [-0.2, 0) is 9.53 Å². The van der Waals surface area contributed by atoms with Crippen LogP contribution in [0.5, 0.6) is 0 Å². The number of benzene rings is 3. The number of hydrogen-bond acceptors (Lipinski definition) is 7. The van der Waals surface area contributed by atoms with Crippen LogP contribution in [0, 0.1) is 34.5 Å². The lowest BCUT2D eigenvalue weighted by Gasteiger charge is -2.29. The molecule has 0 radical (unpaired) electrons. The molecule has 5 N–H and O–H groups in total. The van der Waals surface area contributed by atoms with Gasteiger partial charge < -0.3 is 30.7 Å². The van der Waals surface area contributed by atoms with Crippen LogP contribution in [0.2, 0.25) is 0 Å². The fraction of sp³-hybridized carbons (Fsp3) is 0.375. The number of nitrogens with two attached hydrogens (primary N) is 1. The summed E-state index contributed by atoms with van der Waals surface area (Å²) >= 11 is 0. The van der Waals surface area contributed by atoms with Gasteiger partial charge in [-0.1, -0.05) is 62.4 Å². The number of likely N-dealkylation sites (tertiary alicyclic amines) is 1. The Balaban J connectivity index is 0.969. The molecule has 3 fully saturated rings. The molecular weight excluding hydrogens is 640 g/mol. The van der Waals surface area contributed by atoms with Crippen molar-refractivity contribution in [2.75, 3.05) is 19.7 Å². The van der Waals surface area contributed by atoms with Crippen molar-refractivity contribution in [3.8, 4) is 39.7 Å². The number of fused-ring (bicyclic) bond motifs is 1. The Kier molecular flexibility index (Phi) is 8.35. The Morgan fingerprint density at radius 1 is 0.941 bits per heavy atom. The van der Waals surface area contributed by atoms with Gasteiger partial charge in [-0.3, -0.25) is 4.79 Å². The first-order valence-electron chi connectivity index (χ1n) is 17.8. The van der Waals surface area contributed by atoms with Gasteiger partial charge in [-0.15, -0.1) is 0 Å². The zero-order valence-corrected chi connectivity index (χ0v) is 28.9. The molecule has 51 heavy (non-hydrogen) atoms. The van der Waals surface area contributed by atoms with E-state index < -0.39 is 12.0 Å². The third-order valence-corrected chi connectivity index (χ3v) is 11.1. The minimum atomic E-state index is -0.865. The highest BCUT2D eigenvalue weighted by molar-refractivity contribution is 5.90. The molecule has 8 rings (SSSR count). The van der Waals surface area contributed by atoms with E-state index in [1.165, 1.54) is 0 Å². The first kappa shape index (κ1) is 32.7. The normalized spacial score (nSPS) is 21.3. The second-order valence-electron chi connectivity index (χ2n) is 14.9. The summed E-state index contributed by atoms with van der Waals surface area (Å²) in [5.41, 5.74) is 11.6. The smallest absolute Gasteiger partial charge is 0.404 e. The van der Waals surface area contributed by atoms with Crippen LogP contribution in [0.25, 0.3) is 44.4 Å². The minimum Gasteiger partial charge on any atom is -0.449 e. The number of ether oxygens (including phenoxy) is 1. The van der Waals surface area contributed by atoms with Gasteiger partial charge in [-0.25, -0.2) is 14.8 Å². The lowest BCUT2D eigenvalue weighted by atomic mass is 9.95. The maximum Gasteiger partial charge on any atom is 0.404 e. The maximum atomic E-state index is 13.8. The van der Waals surface area contributed by atoms with Crippen LogP contribution in [-0.4, -0.2) is 56.5 Å². The molecule has 2 saturated heterocycles. The second-order valence-corrected chi connectivity index (χ2v) is 14.9. The highest BCUT2D eigenvalue weighted by atomic mass is 16.5. The monoisotopic (exact) mass is 682 g/mol. The minimum absolute atomic E-state index is 0.00528. The lowest BCUT2D eigenvalue weighted by Crippen LogP contribution is -2.41. The summed E-state index contributed by atoms with van der Waals surface area (Å²) in [6, 6.07) is 23.7. The summed E-state index contributed by atoms with van der Waals surface area (Å²) in [6.45, 7) is 5.30. The molecule has 4 atom stereocenters.